The summed E-state index contributed by atoms with van der Waals surface area (Å²) in [5.41, 5.74) is 0. The van der Waals surface area contributed by atoms with Gasteiger partial charge >= 0.3 is 12.0 Å². The SMILES string of the molecule is CCCC1SCC(C(=O)O)N1C(=O)N(C)C(C)CO. The second-order valence-corrected chi connectivity index (χ2v) is 5.97. The van der Waals surface area contributed by atoms with Crippen molar-refractivity contribution in [2.45, 2.75) is 44.1 Å². The van der Waals surface area contributed by atoms with Crippen molar-refractivity contribution in [3.63, 3.8) is 0 Å². The Labute approximate surface area is 117 Å². The zero-order valence-corrected chi connectivity index (χ0v) is 12.4. The molecule has 0 bridgehead atoms. The highest BCUT2D eigenvalue weighted by Gasteiger charge is 2.42. The van der Waals surface area contributed by atoms with Crippen LogP contribution >= 0.6 is 11.8 Å². The number of amides is 2. The lowest BCUT2D eigenvalue weighted by atomic mass is 10.2. The normalized spacial score (nSPS) is 24.3. The average Bonchev–Trinajstić information content (AvgIpc) is 2.80. The van der Waals surface area contributed by atoms with Gasteiger partial charge in [0.25, 0.3) is 0 Å². The smallest absolute Gasteiger partial charge is 0.327 e. The lowest BCUT2D eigenvalue weighted by Crippen LogP contribution is -2.53. The standard InChI is InChI=1S/C12H22N2O4S/c1-4-5-10-14(9(7-19-10)11(16)17)12(18)13(3)8(2)6-15/h8-10,15H,4-7H2,1-3H3,(H,16,17). The molecule has 1 saturated heterocycles. The summed E-state index contributed by atoms with van der Waals surface area (Å²) in [5.74, 6) is -0.544. The first kappa shape index (κ1) is 16.1. The van der Waals surface area contributed by atoms with Gasteiger partial charge in [-0.15, -0.1) is 11.8 Å². The van der Waals surface area contributed by atoms with Crippen LogP contribution in [-0.2, 0) is 4.79 Å². The highest BCUT2D eigenvalue weighted by Crippen LogP contribution is 2.33. The molecule has 19 heavy (non-hydrogen) atoms. The molecule has 0 saturated carbocycles. The number of carbonyl (C=O) groups excluding carboxylic acids is 1. The average molecular weight is 290 g/mol. The van der Waals surface area contributed by atoms with Gasteiger partial charge in [0.2, 0.25) is 0 Å². The Morgan fingerprint density at radius 2 is 2.16 bits per heavy atom. The molecule has 1 rings (SSSR count). The maximum atomic E-state index is 12.4. The van der Waals surface area contributed by atoms with Crippen LogP contribution in [0.25, 0.3) is 0 Å². The number of nitrogens with zero attached hydrogens (tertiary/aromatic N) is 2. The Balaban J connectivity index is 2.88. The van der Waals surface area contributed by atoms with Gasteiger partial charge in [-0.2, -0.15) is 0 Å². The Bertz CT molecular complexity index is 340. The third-order valence-corrected chi connectivity index (χ3v) is 4.72. The Morgan fingerprint density at radius 3 is 2.63 bits per heavy atom. The lowest BCUT2D eigenvalue weighted by Gasteiger charge is -2.33. The Hall–Kier alpha value is -0.950. The number of thioether (sulfide) groups is 1. The number of likely N-dealkylation sites (N-methyl/N-ethyl adjacent to an activating group) is 1. The summed E-state index contributed by atoms with van der Waals surface area (Å²) in [4.78, 5) is 26.5. The number of hydrogen-bond acceptors (Lipinski definition) is 4. The number of hydrogen-bond donors (Lipinski definition) is 2. The molecule has 0 radical (unpaired) electrons. The molecule has 0 aromatic heterocycles. The molecule has 3 unspecified atom stereocenters. The van der Waals surface area contributed by atoms with Gasteiger partial charge in [-0.3, -0.25) is 4.90 Å². The first-order valence-electron chi connectivity index (χ1n) is 6.44. The first-order chi connectivity index (χ1) is 8.93. The zero-order chi connectivity index (χ0) is 14.6. The maximum absolute atomic E-state index is 12.4. The molecule has 2 N–H and O–H groups in total. The van der Waals surface area contributed by atoms with Crippen molar-refractivity contribution in [1.29, 1.82) is 0 Å². The molecule has 0 aromatic carbocycles. The Morgan fingerprint density at radius 1 is 1.53 bits per heavy atom. The predicted molar refractivity (Wildman–Crippen MR) is 74.1 cm³/mol. The molecule has 3 atom stereocenters. The molecule has 0 aromatic rings. The fourth-order valence-electron chi connectivity index (χ4n) is 1.97. The van der Waals surface area contributed by atoms with Crippen LogP contribution in [0.2, 0.25) is 0 Å². The van der Waals surface area contributed by atoms with Crippen LogP contribution in [0.4, 0.5) is 4.79 Å². The topological polar surface area (TPSA) is 81.1 Å². The van der Waals surface area contributed by atoms with Crippen LogP contribution in [0.1, 0.15) is 26.7 Å². The maximum Gasteiger partial charge on any atom is 0.327 e. The van der Waals surface area contributed by atoms with E-state index in [-0.39, 0.29) is 24.1 Å². The van der Waals surface area contributed by atoms with Gasteiger partial charge in [0.05, 0.1) is 18.0 Å². The molecule has 1 aliphatic heterocycles. The summed E-state index contributed by atoms with van der Waals surface area (Å²) in [6, 6.07) is -1.42. The molecule has 2 amide bonds. The number of rotatable bonds is 5. The van der Waals surface area contributed by atoms with E-state index in [2.05, 4.69) is 0 Å². The minimum Gasteiger partial charge on any atom is -0.480 e. The van der Waals surface area contributed by atoms with Gasteiger partial charge in [0.15, 0.2) is 0 Å². The van der Waals surface area contributed by atoms with Crippen LogP contribution in [0.5, 0.6) is 0 Å². The van der Waals surface area contributed by atoms with Crippen LogP contribution in [0.15, 0.2) is 0 Å². The highest BCUT2D eigenvalue weighted by molar-refractivity contribution is 8.00. The number of urea groups is 1. The summed E-state index contributed by atoms with van der Waals surface area (Å²) in [6.45, 7) is 3.60. The quantitative estimate of drug-likeness (QED) is 0.791. The number of carbonyl (C=O) groups is 2. The third kappa shape index (κ3) is 3.54. The fourth-order valence-corrected chi connectivity index (χ4v) is 3.48. The largest absolute Gasteiger partial charge is 0.480 e. The van der Waals surface area contributed by atoms with E-state index < -0.39 is 12.0 Å². The van der Waals surface area contributed by atoms with Crippen LogP contribution in [0.3, 0.4) is 0 Å². The molecule has 0 aliphatic carbocycles. The molecule has 1 fully saturated rings. The predicted octanol–water partition coefficient (Wildman–Crippen LogP) is 1.05. The second kappa shape index (κ2) is 7.00. The minimum absolute atomic E-state index is 0.0908. The van der Waals surface area contributed by atoms with E-state index in [0.29, 0.717) is 5.75 Å². The number of carboxylic acids is 1. The fraction of sp³-hybridized carbons (Fsp3) is 0.833. The zero-order valence-electron chi connectivity index (χ0n) is 11.6. The van der Waals surface area contributed by atoms with Gasteiger partial charge in [-0.25, -0.2) is 9.59 Å². The van der Waals surface area contributed by atoms with Gasteiger partial charge in [0.1, 0.15) is 6.04 Å². The van der Waals surface area contributed by atoms with Crippen LogP contribution < -0.4 is 0 Å². The lowest BCUT2D eigenvalue weighted by molar-refractivity contribution is -0.141. The molecular weight excluding hydrogens is 268 g/mol. The van der Waals surface area contributed by atoms with Gasteiger partial charge in [-0.05, 0) is 13.3 Å². The highest BCUT2D eigenvalue weighted by atomic mass is 32.2. The Kier molecular flexibility index (Phi) is 5.93. The van der Waals surface area contributed by atoms with E-state index in [4.69, 9.17) is 5.11 Å². The molecule has 6 nitrogen and oxygen atoms in total. The molecular formula is C12H22N2O4S. The molecule has 0 spiro atoms. The minimum atomic E-state index is -0.968. The summed E-state index contributed by atoms with van der Waals surface area (Å²) in [6.07, 6.45) is 1.68. The first-order valence-corrected chi connectivity index (χ1v) is 7.49. The van der Waals surface area contributed by atoms with E-state index in [0.717, 1.165) is 12.8 Å². The summed E-state index contributed by atoms with van der Waals surface area (Å²) in [5, 5.41) is 18.2. The van der Waals surface area contributed by atoms with Crippen LogP contribution in [-0.4, -0.2) is 68.9 Å². The van der Waals surface area contributed by atoms with E-state index in [1.807, 2.05) is 6.92 Å². The van der Waals surface area contributed by atoms with E-state index >= 15 is 0 Å². The number of aliphatic hydroxyl groups excluding tert-OH is 1. The van der Waals surface area contributed by atoms with E-state index in [1.54, 1.807) is 14.0 Å². The van der Waals surface area contributed by atoms with Crippen molar-refractivity contribution < 1.29 is 19.8 Å². The number of aliphatic carboxylic acids is 1. The number of aliphatic hydroxyl groups is 1. The van der Waals surface area contributed by atoms with Crippen molar-refractivity contribution in [3.8, 4) is 0 Å². The van der Waals surface area contributed by atoms with Gasteiger partial charge in [-0.1, -0.05) is 13.3 Å². The van der Waals surface area contributed by atoms with Gasteiger partial charge < -0.3 is 15.1 Å². The summed E-state index contributed by atoms with van der Waals surface area (Å²) in [7, 11) is 1.59. The van der Waals surface area contributed by atoms with Crippen molar-refractivity contribution in [1.82, 2.24) is 9.80 Å². The van der Waals surface area contributed by atoms with Crippen molar-refractivity contribution in [2.75, 3.05) is 19.4 Å². The van der Waals surface area contributed by atoms with Crippen molar-refractivity contribution >= 4 is 23.8 Å². The van der Waals surface area contributed by atoms with Crippen LogP contribution in [0, 0.1) is 0 Å². The second-order valence-electron chi connectivity index (χ2n) is 4.76. The molecule has 1 heterocycles. The molecule has 7 heteroatoms. The van der Waals surface area contributed by atoms with Crippen molar-refractivity contribution in [3.05, 3.63) is 0 Å². The van der Waals surface area contributed by atoms with E-state index in [9.17, 15) is 14.7 Å². The molecule has 110 valence electrons. The molecule has 1 aliphatic rings. The van der Waals surface area contributed by atoms with Gasteiger partial charge in [0, 0.05) is 12.8 Å². The van der Waals surface area contributed by atoms with Crippen molar-refractivity contribution in [2.24, 2.45) is 0 Å². The summed E-state index contributed by atoms with van der Waals surface area (Å²) < 4.78 is 0. The number of carboxylic acid groups (broad SMARTS) is 1. The monoisotopic (exact) mass is 290 g/mol. The summed E-state index contributed by atoms with van der Waals surface area (Å²) >= 11 is 1.51. The van der Waals surface area contributed by atoms with E-state index in [1.165, 1.54) is 21.6 Å². The third-order valence-electron chi connectivity index (χ3n) is 3.36.